The van der Waals surface area contributed by atoms with Crippen molar-refractivity contribution in [3.63, 3.8) is 0 Å². The third kappa shape index (κ3) is 5.96. The molecule has 1 heterocycles. The molecule has 1 fully saturated rings. The van der Waals surface area contributed by atoms with Crippen molar-refractivity contribution in [3.8, 4) is 11.8 Å². The van der Waals surface area contributed by atoms with Gasteiger partial charge in [-0.2, -0.15) is 0 Å². The lowest BCUT2D eigenvalue weighted by molar-refractivity contribution is 0.0131. The van der Waals surface area contributed by atoms with Crippen molar-refractivity contribution in [1.29, 1.82) is 0 Å². The summed E-state index contributed by atoms with van der Waals surface area (Å²) in [4.78, 5) is 15.4. The summed E-state index contributed by atoms with van der Waals surface area (Å²) in [5, 5.41) is 5.58. The molecule has 1 aliphatic heterocycles. The van der Waals surface area contributed by atoms with Crippen LogP contribution in [0.4, 0.5) is 4.79 Å². The predicted octanol–water partition coefficient (Wildman–Crippen LogP) is 4.82. The van der Waals surface area contributed by atoms with Crippen molar-refractivity contribution < 1.29 is 9.53 Å². The fourth-order valence-corrected chi connectivity index (χ4v) is 3.66. The minimum absolute atomic E-state index is 0.174. The molecule has 0 aliphatic carbocycles. The van der Waals surface area contributed by atoms with E-state index in [0.717, 1.165) is 36.3 Å². The van der Waals surface area contributed by atoms with Crippen LogP contribution < -0.4 is 5.14 Å². The van der Waals surface area contributed by atoms with Crippen LogP contribution in [-0.2, 0) is 4.74 Å². The van der Waals surface area contributed by atoms with Crippen LogP contribution in [0.5, 0.6) is 0 Å². The van der Waals surface area contributed by atoms with E-state index in [1.807, 2.05) is 49.9 Å². The topological polar surface area (TPSA) is 55.6 Å². The Morgan fingerprint density at radius 2 is 2.15 bits per heavy atom. The van der Waals surface area contributed by atoms with Crippen molar-refractivity contribution in [2.24, 2.45) is 11.1 Å². The van der Waals surface area contributed by atoms with E-state index in [2.05, 4.69) is 25.7 Å². The molecule has 0 bridgehead atoms. The highest BCUT2D eigenvalue weighted by atomic mass is 32.2. The van der Waals surface area contributed by atoms with Gasteiger partial charge in [-0.15, -0.1) is 0 Å². The molecule has 4 nitrogen and oxygen atoms in total. The van der Waals surface area contributed by atoms with Gasteiger partial charge in [0, 0.05) is 29.0 Å². The number of rotatable bonds is 3. The zero-order valence-electron chi connectivity index (χ0n) is 16.5. The lowest BCUT2D eigenvalue weighted by Crippen LogP contribution is -2.45. The standard InChI is InChI=1S/C21H30N2O2S/c1-20(2,3)25-19(24)23-15-17(14-21(23,4)5)10-7-6-9-16-11-8-12-18(13-16)26-22/h8,11-13,17H,7,10,14-15,22H2,1-5H3. The Labute approximate surface area is 162 Å². The zero-order valence-corrected chi connectivity index (χ0v) is 17.3. The average Bonchev–Trinajstić information content (AvgIpc) is 2.85. The molecule has 0 aromatic heterocycles. The molecule has 1 saturated heterocycles. The van der Waals surface area contributed by atoms with Crippen LogP contribution in [0, 0.1) is 17.8 Å². The second kappa shape index (κ2) is 8.37. The van der Waals surface area contributed by atoms with Gasteiger partial charge in [-0.25, -0.2) is 4.79 Å². The van der Waals surface area contributed by atoms with Gasteiger partial charge in [-0.1, -0.05) is 17.9 Å². The van der Waals surface area contributed by atoms with Crippen LogP contribution in [0.2, 0.25) is 0 Å². The second-order valence-corrected chi connectivity index (χ2v) is 9.17. The number of hydrogen-bond donors (Lipinski definition) is 1. The predicted molar refractivity (Wildman–Crippen MR) is 108 cm³/mol. The maximum atomic E-state index is 12.5. The lowest BCUT2D eigenvalue weighted by atomic mass is 9.93. The van der Waals surface area contributed by atoms with Crippen molar-refractivity contribution in [2.75, 3.05) is 6.54 Å². The molecule has 2 N–H and O–H groups in total. The number of benzene rings is 1. The van der Waals surface area contributed by atoms with Gasteiger partial charge in [0.25, 0.3) is 0 Å². The van der Waals surface area contributed by atoms with E-state index >= 15 is 0 Å². The molecule has 1 aromatic carbocycles. The van der Waals surface area contributed by atoms with Gasteiger partial charge in [0.2, 0.25) is 0 Å². The van der Waals surface area contributed by atoms with E-state index in [4.69, 9.17) is 9.88 Å². The maximum Gasteiger partial charge on any atom is 0.410 e. The Morgan fingerprint density at radius 1 is 1.42 bits per heavy atom. The number of nitrogens with zero attached hydrogens (tertiary/aromatic N) is 1. The van der Waals surface area contributed by atoms with E-state index in [0.29, 0.717) is 5.92 Å². The SMILES string of the molecule is CC(C)(C)OC(=O)N1CC(CCC#Cc2cccc(SN)c2)CC1(C)C. The third-order valence-corrected chi connectivity index (χ3v) is 4.98. The number of nitrogens with two attached hydrogens (primary N) is 1. The first-order valence-electron chi connectivity index (χ1n) is 9.07. The first-order valence-corrected chi connectivity index (χ1v) is 9.95. The smallest absolute Gasteiger partial charge is 0.410 e. The van der Waals surface area contributed by atoms with E-state index in [1.165, 1.54) is 11.9 Å². The zero-order chi connectivity index (χ0) is 19.4. The fraction of sp³-hybridized carbons (Fsp3) is 0.571. The number of hydrogen-bond acceptors (Lipinski definition) is 4. The van der Waals surface area contributed by atoms with Gasteiger partial charge >= 0.3 is 6.09 Å². The van der Waals surface area contributed by atoms with Crippen LogP contribution >= 0.6 is 11.9 Å². The highest BCUT2D eigenvalue weighted by Gasteiger charge is 2.42. The summed E-state index contributed by atoms with van der Waals surface area (Å²) in [5.74, 6) is 6.92. The Hall–Kier alpha value is -1.64. The maximum absolute atomic E-state index is 12.5. The lowest BCUT2D eigenvalue weighted by Gasteiger charge is -2.33. The van der Waals surface area contributed by atoms with Gasteiger partial charge in [-0.05, 0) is 83.5 Å². The Morgan fingerprint density at radius 3 is 2.81 bits per heavy atom. The Bertz CT molecular complexity index is 698. The van der Waals surface area contributed by atoms with Gasteiger partial charge in [-0.3, -0.25) is 5.14 Å². The fourth-order valence-electron chi connectivity index (χ4n) is 3.31. The molecule has 5 heteroatoms. The van der Waals surface area contributed by atoms with Gasteiger partial charge in [0.05, 0.1) is 0 Å². The van der Waals surface area contributed by atoms with Crippen LogP contribution in [-0.4, -0.2) is 28.7 Å². The molecule has 0 spiro atoms. The van der Waals surface area contributed by atoms with Crippen molar-refractivity contribution in [3.05, 3.63) is 29.8 Å². The molecule has 26 heavy (non-hydrogen) atoms. The van der Waals surface area contributed by atoms with Crippen molar-refractivity contribution in [2.45, 2.75) is 69.9 Å². The molecule has 0 saturated carbocycles. The molecular formula is C21H30N2O2S. The number of likely N-dealkylation sites (tertiary alicyclic amines) is 1. The first-order chi connectivity index (χ1) is 12.1. The molecule has 1 aromatic rings. The quantitative estimate of drug-likeness (QED) is 0.609. The summed E-state index contributed by atoms with van der Waals surface area (Å²) in [7, 11) is 0. The number of carbonyl (C=O) groups is 1. The molecule has 1 atom stereocenters. The molecule has 1 aliphatic rings. The van der Waals surface area contributed by atoms with Gasteiger partial charge in [0.1, 0.15) is 5.60 Å². The molecule has 2 rings (SSSR count). The van der Waals surface area contributed by atoms with Crippen LogP contribution in [0.15, 0.2) is 29.2 Å². The minimum atomic E-state index is -0.465. The van der Waals surface area contributed by atoms with Gasteiger partial charge in [0.15, 0.2) is 0 Å². The van der Waals surface area contributed by atoms with Crippen molar-refractivity contribution in [1.82, 2.24) is 4.90 Å². The van der Waals surface area contributed by atoms with Crippen LogP contribution in [0.3, 0.4) is 0 Å². The number of ether oxygens (including phenoxy) is 1. The molecule has 142 valence electrons. The van der Waals surface area contributed by atoms with E-state index in [-0.39, 0.29) is 11.6 Å². The summed E-state index contributed by atoms with van der Waals surface area (Å²) in [6.07, 6.45) is 2.57. The monoisotopic (exact) mass is 374 g/mol. The normalized spacial score (nSPS) is 19.0. The van der Waals surface area contributed by atoms with E-state index in [9.17, 15) is 4.79 Å². The summed E-state index contributed by atoms with van der Waals surface area (Å²) in [6.45, 7) is 10.7. The largest absolute Gasteiger partial charge is 0.444 e. The molecule has 1 amide bonds. The number of amides is 1. The van der Waals surface area contributed by atoms with E-state index < -0.39 is 5.60 Å². The third-order valence-electron chi connectivity index (χ3n) is 4.45. The van der Waals surface area contributed by atoms with Gasteiger partial charge < -0.3 is 9.64 Å². The van der Waals surface area contributed by atoms with E-state index in [1.54, 1.807) is 0 Å². The second-order valence-electron chi connectivity index (χ2n) is 8.46. The summed E-state index contributed by atoms with van der Waals surface area (Å²) >= 11 is 1.23. The van der Waals surface area contributed by atoms with Crippen LogP contribution in [0.25, 0.3) is 0 Å². The highest BCUT2D eigenvalue weighted by molar-refractivity contribution is 7.97. The summed E-state index contributed by atoms with van der Waals surface area (Å²) in [5.41, 5.74) is 0.350. The Balaban J connectivity index is 1.90. The first kappa shape index (κ1) is 20.7. The van der Waals surface area contributed by atoms with Crippen molar-refractivity contribution >= 4 is 18.0 Å². The highest BCUT2D eigenvalue weighted by Crippen LogP contribution is 2.35. The summed E-state index contributed by atoms with van der Waals surface area (Å²) in [6, 6.07) is 7.94. The summed E-state index contributed by atoms with van der Waals surface area (Å²) < 4.78 is 5.56. The average molecular weight is 375 g/mol. The van der Waals surface area contributed by atoms with Crippen LogP contribution in [0.1, 0.15) is 59.4 Å². The molecule has 1 unspecified atom stereocenters. The molecular weight excluding hydrogens is 344 g/mol. The number of carbonyl (C=O) groups excluding carboxylic acids is 1. The minimum Gasteiger partial charge on any atom is -0.444 e. The molecule has 0 radical (unpaired) electrons. The Kier molecular flexibility index (Phi) is 6.65.